The van der Waals surface area contributed by atoms with Crippen LogP contribution in [0.4, 0.5) is 28.4 Å². The van der Waals surface area contributed by atoms with Crippen molar-refractivity contribution in [2.24, 2.45) is 0 Å². The molecule has 0 saturated carbocycles. The Morgan fingerprint density at radius 2 is 0.957 bits per heavy atom. The van der Waals surface area contributed by atoms with Crippen molar-refractivity contribution in [3.05, 3.63) is 241 Å². The van der Waals surface area contributed by atoms with Crippen LogP contribution in [-0.4, -0.2) is 0 Å². The quantitative estimate of drug-likeness (QED) is 0.161. The third kappa shape index (κ3) is 6.08. The van der Waals surface area contributed by atoms with Gasteiger partial charge in [-0.25, -0.2) is 0 Å². The fraction of sp³-hybridized carbons (Fsp3) is 0.0769. The van der Waals surface area contributed by atoms with Crippen LogP contribution >= 0.6 is 0 Å². The van der Waals surface area contributed by atoms with Gasteiger partial charge in [0.25, 0.3) is 0 Å². The lowest BCUT2D eigenvalue weighted by atomic mass is 9.81. The molecule has 10 aromatic carbocycles. The van der Waals surface area contributed by atoms with Gasteiger partial charge < -0.3 is 19.3 Å². The van der Waals surface area contributed by atoms with E-state index in [-0.39, 0.29) is 5.41 Å². The molecule has 0 radical (unpaired) electrons. The number of fused-ring (bicyclic) bond motifs is 8. The fourth-order valence-electron chi connectivity index (χ4n) is 11.7. The van der Waals surface area contributed by atoms with Crippen LogP contribution < -0.4 is 19.3 Å². The van der Waals surface area contributed by atoms with E-state index < -0.39 is 0 Å². The zero-order chi connectivity index (χ0) is 45.8. The van der Waals surface area contributed by atoms with Crippen LogP contribution in [0, 0.1) is 0 Å². The summed E-state index contributed by atoms with van der Waals surface area (Å²) in [7, 11) is 0. The van der Waals surface area contributed by atoms with E-state index in [1.54, 1.807) is 0 Å². The number of para-hydroxylation sites is 6. The highest BCUT2D eigenvalue weighted by atomic mass is 16.5. The van der Waals surface area contributed by atoms with E-state index in [0.29, 0.717) is 0 Å². The first-order valence-electron chi connectivity index (χ1n) is 24.0. The normalized spacial score (nSPS) is 14.9. The summed E-state index contributed by atoms with van der Waals surface area (Å²) in [5.41, 5.74) is 18.9. The van der Waals surface area contributed by atoms with Crippen LogP contribution in [0.15, 0.2) is 230 Å². The summed E-state index contributed by atoms with van der Waals surface area (Å²) in [6.07, 6.45) is 6.21. The van der Waals surface area contributed by atoms with Crippen LogP contribution in [0.1, 0.15) is 37.8 Å². The lowest BCUT2D eigenvalue weighted by molar-refractivity contribution is 0.421. The minimum Gasteiger partial charge on any atom is -0.453 e. The van der Waals surface area contributed by atoms with Gasteiger partial charge >= 0.3 is 0 Å². The average molecular weight is 887 g/mol. The minimum absolute atomic E-state index is 0.101. The highest BCUT2D eigenvalue weighted by molar-refractivity contribution is 6.23. The lowest BCUT2D eigenvalue weighted by Crippen LogP contribution is -2.25. The van der Waals surface area contributed by atoms with Crippen molar-refractivity contribution in [3.8, 4) is 61.8 Å². The standard InChI is InChI=1S/C65H46N2O2/c1-65(2)53-22-7-6-21-47(53)48-34-31-43(38-54(48)65)42-19-16-20-44(37-42)64-50-36-33-45(66-55-23-8-12-27-59(55)68-60-28-13-9-24-56(60)66)39-51(50)63(41-17-4-3-5-18-41)49-35-32-46(40-52(49)64)67-57-25-10-14-29-61(57)69-62-30-15-11-26-58(62)67/h3-10,12-25,27-40H,11,26H2,1-2H3. The zero-order valence-corrected chi connectivity index (χ0v) is 38.4. The monoisotopic (exact) mass is 886 g/mol. The second-order valence-electron chi connectivity index (χ2n) is 19.1. The maximum atomic E-state index is 6.56. The van der Waals surface area contributed by atoms with Crippen LogP contribution in [0.2, 0.25) is 0 Å². The Labute approximate surface area is 402 Å². The molecule has 0 saturated heterocycles. The first-order chi connectivity index (χ1) is 34.0. The Hall–Kier alpha value is -8.60. The summed E-state index contributed by atoms with van der Waals surface area (Å²) in [6, 6.07) is 75.4. The predicted molar refractivity (Wildman–Crippen MR) is 285 cm³/mol. The molecule has 4 nitrogen and oxygen atoms in total. The number of nitrogens with zero attached hydrogens (tertiary/aromatic N) is 2. The van der Waals surface area contributed by atoms with E-state index in [9.17, 15) is 0 Å². The second kappa shape index (κ2) is 15.2. The Bertz CT molecular complexity index is 3800. The molecule has 2 heterocycles. The lowest BCUT2D eigenvalue weighted by Gasteiger charge is -2.36. The van der Waals surface area contributed by atoms with Gasteiger partial charge in [-0.1, -0.05) is 153 Å². The van der Waals surface area contributed by atoms with Gasteiger partial charge in [-0.15, -0.1) is 0 Å². The summed E-state index contributed by atoms with van der Waals surface area (Å²) in [5, 5.41) is 4.74. The molecule has 4 aliphatic rings. The molecule has 328 valence electrons. The average Bonchev–Trinajstić information content (AvgIpc) is 3.63. The zero-order valence-electron chi connectivity index (χ0n) is 38.4. The van der Waals surface area contributed by atoms with E-state index in [1.165, 1.54) is 82.9 Å². The highest BCUT2D eigenvalue weighted by Crippen LogP contribution is 2.54. The van der Waals surface area contributed by atoms with Gasteiger partial charge in [0.1, 0.15) is 5.76 Å². The van der Waals surface area contributed by atoms with Crippen LogP contribution in [0.5, 0.6) is 17.2 Å². The molecule has 69 heavy (non-hydrogen) atoms. The second-order valence-corrected chi connectivity index (χ2v) is 19.1. The molecular weight excluding hydrogens is 841 g/mol. The van der Waals surface area contributed by atoms with Gasteiger partial charge in [-0.05, 0) is 169 Å². The van der Waals surface area contributed by atoms with E-state index in [4.69, 9.17) is 9.47 Å². The largest absolute Gasteiger partial charge is 0.453 e. The predicted octanol–water partition coefficient (Wildman–Crippen LogP) is 18.0. The number of hydrogen-bond donors (Lipinski definition) is 0. The molecule has 0 atom stereocenters. The first-order valence-corrected chi connectivity index (χ1v) is 24.0. The summed E-state index contributed by atoms with van der Waals surface area (Å²) in [4.78, 5) is 4.79. The van der Waals surface area contributed by atoms with Crippen LogP contribution in [-0.2, 0) is 5.41 Å². The molecule has 2 aliphatic heterocycles. The van der Waals surface area contributed by atoms with E-state index >= 15 is 0 Å². The third-order valence-corrected chi connectivity index (χ3v) is 14.9. The maximum absolute atomic E-state index is 6.56. The van der Waals surface area contributed by atoms with E-state index in [1.807, 2.05) is 12.1 Å². The molecule has 0 fully saturated rings. The van der Waals surface area contributed by atoms with Crippen LogP contribution in [0.25, 0.3) is 66.1 Å². The van der Waals surface area contributed by atoms with E-state index in [2.05, 4.69) is 230 Å². The number of allylic oxidation sites excluding steroid dienone is 3. The number of benzene rings is 10. The fourth-order valence-corrected chi connectivity index (χ4v) is 11.7. The molecule has 10 aromatic rings. The summed E-state index contributed by atoms with van der Waals surface area (Å²) < 4.78 is 13.1. The molecular formula is C65H46N2O2. The third-order valence-electron chi connectivity index (χ3n) is 14.9. The molecule has 0 N–H and O–H groups in total. The van der Waals surface area contributed by atoms with Crippen molar-refractivity contribution in [1.29, 1.82) is 0 Å². The molecule has 14 rings (SSSR count). The topological polar surface area (TPSA) is 24.9 Å². The van der Waals surface area contributed by atoms with Gasteiger partial charge in [0, 0.05) is 16.8 Å². The SMILES string of the molecule is CC1(C)c2ccccc2-c2ccc(-c3cccc(-c4c5ccc(N6c7ccccc7Oc7ccccc76)cc5c(-c5ccccc5)c5ccc(N6C7=C(C=CCC7)Oc7ccccc76)cc45)c3)cc21. The van der Waals surface area contributed by atoms with Gasteiger partial charge in [0.15, 0.2) is 17.2 Å². The van der Waals surface area contributed by atoms with Crippen molar-refractivity contribution < 1.29 is 9.47 Å². The summed E-state index contributed by atoms with van der Waals surface area (Å²) in [6.45, 7) is 4.72. The van der Waals surface area contributed by atoms with Crippen molar-refractivity contribution >= 4 is 50.0 Å². The Morgan fingerprint density at radius 1 is 0.406 bits per heavy atom. The van der Waals surface area contributed by atoms with Crippen LogP contribution in [0.3, 0.4) is 0 Å². The van der Waals surface area contributed by atoms with Gasteiger partial charge in [0.2, 0.25) is 0 Å². The first kappa shape index (κ1) is 39.6. The van der Waals surface area contributed by atoms with E-state index in [0.717, 1.165) is 64.3 Å². The Morgan fingerprint density at radius 3 is 1.68 bits per heavy atom. The summed E-state index contributed by atoms with van der Waals surface area (Å²) in [5.74, 6) is 3.44. The van der Waals surface area contributed by atoms with Crippen molar-refractivity contribution in [2.75, 3.05) is 9.80 Å². The van der Waals surface area contributed by atoms with Crippen molar-refractivity contribution in [3.63, 3.8) is 0 Å². The van der Waals surface area contributed by atoms with Crippen molar-refractivity contribution in [2.45, 2.75) is 32.1 Å². The number of hydrogen-bond acceptors (Lipinski definition) is 4. The molecule has 4 heteroatoms. The molecule has 0 aromatic heterocycles. The maximum Gasteiger partial charge on any atom is 0.151 e. The van der Waals surface area contributed by atoms with Gasteiger partial charge in [0.05, 0.1) is 22.8 Å². The number of rotatable bonds is 5. The molecule has 0 amide bonds. The molecule has 0 spiro atoms. The minimum atomic E-state index is -0.101. The Balaban J connectivity index is 1.04. The van der Waals surface area contributed by atoms with Gasteiger partial charge in [-0.2, -0.15) is 0 Å². The number of anilines is 5. The smallest absolute Gasteiger partial charge is 0.151 e. The Kier molecular flexibility index (Phi) is 8.72. The highest BCUT2D eigenvalue weighted by Gasteiger charge is 2.36. The van der Waals surface area contributed by atoms with Crippen molar-refractivity contribution in [1.82, 2.24) is 0 Å². The molecule has 0 bridgehead atoms. The molecule has 0 unspecified atom stereocenters. The number of ether oxygens (including phenoxy) is 2. The molecule has 2 aliphatic carbocycles. The summed E-state index contributed by atoms with van der Waals surface area (Å²) >= 11 is 0. The van der Waals surface area contributed by atoms with Gasteiger partial charge in [-0.3, -0.25) is 0 Å².